The SMILES string of the molecule is CN1CCN(C(=O)Nc2ccc(C(C)(C)C)cc2)CC1. The maximum atomic E-state index is 12.2. The maximum absolute atomic E-state index is 12.2. The molecule has 4 nitrogen and oxygen atoms in total. The van der Waals surface area contributed by atoms with Gasteiger partial charge in [0, 0.05) is 31.9 Å². The van der Waals surface area contributed by atoms with Crippen LogP contribution in [-0.2, 0) is 5.41 Å². The molecule has 0 aromatic heterocycles. The first kappa shape index (κ1) is 14.9. The number of carbonyl (C=O) groups is 1. The van der Waals surface area contributed by atoms with Crippen molar-refractivity contribution in [1.29, 1.82) is 0 Å². The summed E-state index contributed by atoms with van der Waals surface area (Å²) in [5.41, 5.74) is 2.28. The van der Waals surface area contributed by atoms with Crippen molar-refractivity contribution in [2.45, 2.75) is 26.2 Å². The summed E-state index contributed by atoms with van der Waals surface area (Å²) in [6.07, 6.45) is 0. The van der Waals surface area contributed by atoms with Gasteiger partial charge in [0.15, 0.2) is 0 Å². The molecule has 0 bridgehead atoms. The van der Waals surface area contributed by atoms with Crippen molar-refractivity contribution in [3.8, 4) is 0 Å². The molecule has 2 amide bonds. The van der Waals surface area contributed by atoms with E-state index in [0.29, 0.717) is 0 Å². The number of piperazine rings is 1. The van der Waals surface area contributed by atoms with E-state index in [-0.39, 0.29) is 11.4 Å². The Morgan fingerprint density at radius 3 is 2.10 bits per heavy atom. The molecule has 1 aliphatic rings. The monoisotopic (exact) mass is 275 g/mol. The Kier molecular flexibility index (Phi) is 4.33. The van der Waals surface area contributed by atoms with Crippen LogP contribution in [0.5, 0.6) is 0 Å². The molecule has 0 saturated carbocycles. The molecule has 0 aliphatic carbocycles. The fourth-order valence-electron chi connectivity index (χ4n) is 2.27. The van der Waals surface area contributed by atoms with E-state index in [9.17, 15) is 4.79 Å². The molecule has 1 aliphatic heterocycles. The standard InChI is InChI=1S/C16H25N3O/c1-16(2,3)13-5-7-14(8-6-13)17-15(20)19-11-9-18(4)10-12-19/h5-8H,9-12H2,1-4H3,(H,17,20). The van der Waals surface area contributed by atoms with Gasteiger partial charge < -0.3 is 15.1 Å². The number of hydrogen-bond acceptors (Lipinski definition) is 2. The Labute approximate surface area is 121 Å². The molecule has 0 spiro atoms. The number of likely N-dealkylation sites (N-methyl/N-ethyl adjacent to an activating group) is 1. The first-order chi connectivity index (χ1) is 9.36. The van der Waals surface area contributed by atoms with Gasteiger partial charge in [-0.15, -0.1) is 0 Å². The average molecular weight is 275 g/mol. The predicted molar refractivity (Wildman–Crippen MR) is 83.2 cm³/mol. The highest BCUT2D eigenvalue weighted by Crippen LogP contribution is 2.23. The smallest absolute Gasteiger partial charge is 0.321 e. The number of hydrogen-bond donors (Lipinski definition) is 1. The summed E-state index contributed by atoms with van der Waals surface area (Å²) in [7, 11) is 2.08. The average Bonchev–Trinajstić information content (AvgIpc) is 2.39. The molecule has 0 unspecified atom stereocenters. The number of nitrogens with one attached hydrogen (secondary N) is 1. The van der Waals surface area contributed by atoms with E-state index in [4.69, 9.17) is 0 Å². The summed E-state index contributed by atoms with van der Waals surface area (Å²) in [5.74, 6) is 0. The molecule has 0 atom stereocenters. The van der Waals surface area contributed by atoms with Crippen molar-refractivity contribution in [1.82, 2.24) is 9.80 Å². The van der Waals surface area contributed by atoms with Crippen LogP contribution in [0.4, 0.5) is 10.5 Å². The lowest BCUT2D eigenvalue weighted by molar-refractivity contribution is 0.164. The van der Waals surface area contributed by atoms with E-state index in [1.54, 1.807) is 0 Å². The summed E-state index contributed by atoms with van der Waals surface area (Å²) in [5, 5.41) is 2.97. The molecule has 4 heteroatoms. The summed E-state index contributed by atoms with van der Waals surface area (Å²) in [4.78, 5) is 16.3. The van der Waals surface area contributed by atoms with Crippen LogP contribution in [0, 0.1) is 0 Å². The van der Waals surface area contributed by atoms with Gasteiger partial charge in [0.25, 0.3) is 0 Å². The fourth-order valence-corrected chi connectivity index (χ4v) is 2.27. The number of urea groups is 1. The zero-order valence-electron chi connectivity index (χ0n) is 12.9. The van der Waals surface area contributed by atoms with Crippen molar-refractivity contribution in [2.75, 3.05) is 38.5 Å². The normalized spacial score (nSPS) is 17.1. The Morgan fingerprint density at radius 1 is 1.05 bits per heavy atom. The van der Waals surface area contributed by atoms with Crippen molar-refractivity contribution in [3.63, 3.8) is 0 Å². The lowest BCUT2D eigenvalue weighted by atomic mass is 9.87. The number of carbonyl (C=O) groups excluding carboxylic acids is 1. The largest absolute Gasteiger partial charge is 0.322 e. The summed E-state index contributed by atoms with van der Waals surface area (Å²) < 4.78 is 0. The lowest BCUT2D eigenvalue weighted by Crippen LogP contribution is -2.48. The second kappa shape index (κ2) is 5.83. The van der Waals surface area contributed by atoms with Crippen LogP contribution in [0.15, 0.2) is 24.3 Å². The van der Waals surface area contributed by atoms with Crippen molar-refractivity contribution >= 4 is 11.7 Å². The number of anilines is 1. The van der Waals surface area contributed by atoms with E-state index in [1.165, 1.54) is 5.56 Å². The second-order valence-electron chi connectivity index (χ2n) is 6.55. The quantitative estimate of drug-likeness (QED) is 0.855. The first-order valence-electron chi connectivity index (χ1n) is 7.21. The number of rotatable bonds is 1. The van der Waals surface area contributed by atoms with E-state index in [1.807, 2.05) is 17.0 Å². The highest BCUT2D eigenvalue weighted by atomic mass is 16.2. The molecule has 20 heavy (non-hydrogen) atoms. The van der Waals surface area contributed by atoms with Crippen LogP contribution in [0.2, 0.25) is 0 Å². The van der Waals surface area contributed by atoms with Gasteiger partial charge in [-0.2, -0.15) is 0 Å². The third-order valence-corrected chi connectivity index (χ3v) is 3.79. The molecule has 1 aromatic rings. The highest BCUT2D eigenvalue weighted by Gasteiger charge is 2.19. The van der Waals surface area contributed by atoms with Gasteiger partial charge in [-0.05, 0) is 30.2 Å². The van der Waals surface area contributed by atoms with Gasteiger partial charge in [0.05, 0.1) is 0 Å². The van der Waals surface area contributed by atoms with E-state index in [2.05, 4.69) is 50.2 Å². The van der Waals surface area contributed by atoms with Crippen LogP contribution >= 0.6 is 0 Å². The van der Waals surface area contributed by atoms with Gasteiger partial charge >= 0.3 is 6.03 Å². The number of benzene rings is 1. The lowest BCUT2D eigenvalue weighted by Gasteiger charge is -2.32. The summed E-state index contributed by atoms with van der Waals surface area (Å²) in [6, 6.07) is 8.13. The Hall–Kier alpha value is -1.55. The van der Waals surface area contributed by atoms with Gasteiger partial charge in [-0.3, -0.25) is 0 Å². The molecule has 1 N–H and O–H groups in total. The van der Waals surface area contributed by atoms with Crippen molar-refractivity contribution in [3.05, 3.63) is 29.8 Å². The van der Waals surface area contributed by atoms with Gasteiger partial charge in [0.2, 0.25) is 0 Å². The third-order valence-electron chi connectivity index (χ3n) is 3.79. The Morgan fingerprint density at radius 2 is 1.60 bits per heavy atom. The van der Waals surface area contributed by atoms with E-state index in [0.717, 1.165) is 31.9 Å². The highest BCUT2D eigenvalue weighted by molar-refractivity contribution is 5.89. The molecular weight excluding hydrogens is 250 g/mol. The molecule has 1 heterocycles. The van der Waals surface area contributed by atoms with Gasteiger partial charge in [0.1, 0.15) is 0 Å². The minimum Gasteiger partial charge on any atom is -0.322 e. The van der Waals surface area contributed by atoms with Gasteiger partial charge in [-0.1, -0.05) is 32.9 Å². The van der Waals surface area contributed by atoms with E-state index >= 15 is 0 Å². The zero-order valence-corrected chi connectivity index (χ0v) is 12.9. The first-order valence-corrected chi connectivity index (χ1v) is 7.21. The molecule has 0 radical (unpaired) electrons. The van der Waals surface area contributed by atoms with Crippen molar-refractivity contribution < 1.29 is 4.79 Å². The van der Waals surface area contributed by atoms with Gasteiger partial charge in [-0.25, -0.2) is 4.79 Å². The topological polar surface area (TPSA) is 35.6 Å². The Bertz CT molecular complexity index is 454. The van der Waals surface area contributed by atoms with Crippen LogP contribution in [0.1, 0.15) is 26.3 Å². The molecular formula is C16H25N3O. The summed E-state index contributed by atoms with van der Waals surface area (Å²) >= 11 is 0. The minimum atomic E-state index is 0.00149. The minimum absolute atomic E-state index is 0.00149. The van der Waals surface area contributed by atoms with Crippen LogP contribution in [-0.4, -0.2) is 49.1 Å². The molecule has 110 valence electrons. The van der Waals surface area contributed by atoms with Crippen LogP contribution in [0.25, 0.3) is 0 Å². The van der Waals surface area contributed by atoms with Crippen molar-refractivity contribution in [2.24, 2.45) is 0 Å². The molecule has 1 saturated heterocycles. The Balaban J connectivity index is 1.94. The van der Waals surface area contributed by atoms with E-state index < -0.39 is 0 Å². The zero-order chi connectivity index (χ0) is 14.8. The van der Waals surface area contributed by atoms with Crippen LogP contribution < -0.4 is 5.32 Å². The third kappa shape index (κ3) is 3.73. The molecule has 1 aromatic carbocycles. The second-order valence-corrected chi connectivity index (χ2v) is 6.55. The molecule has 1 fully saturated rings. The van der Waals surface area contributed by atoms with Crippen LogP contribution in [0.3, 0.4) is 0 Å². The number of nitrogens with zero attached hydrogens (tertiary/aromatic N) is 2. The fraction of sp³-hybridized carbons (Fsp3) is 0.562. The predicted octanol–water partition coefficient (Wildman–Crippen LogP) is 2.76. The maximum Gasteiger partial charge on any atom is 0.321 e. The number of amides is 2. The molecule has 2 rings (SSSR count). The summed E-state index contributed by atoms with van der Waals surface area (Å²) in [6.45, 7) is 10.0.